The topological polar surface area (TPSA) is 120 Å². The molecule has 0 saturated carbocycles. The molecule has 0 saturated heterocycles. The first kappa shape index (κ1) is 35.6. The predicted molar refractivity (Wildman–Crippen MR) is 176 cm³/mol. The predicted octanol–water partition coefficient (Wildman–Crippen LogP) is 4.87. The number of ether oxygens (including phenoxy) is 1. The Labute approximate surface area is 270 Å². The lowest BCUT2D eigenvalue weighted by molar-refractivity contribution is -0.894. The smallest absolute Gasteiger partial charge is 0.223 e. The van der Waals surface area contributed by atoms with Crippen molar-refractivity contribution < 1.29 is 29.1 Å². The van der Waals surface area contributed by atoms with Crippen LogP contribution in [0.1, 0.15) is 65.0 Å². The molecule has 0 radical (unpaired) electrons. The molecule has 3 heterocycles. The van der Waals surface area contributed by atoms with Gasteiger partial charge in [-0.25, -0.2) is 4.98 Å². The zero-order valence-electron chi connectivity index (χ0n) is 27.0. The van der Waals surface area contributed by atoms with Crippen LogP contribution in [-0.2, 0) is 4.79 Å². The molecular formula is C35H44ClN3O6. The number of phenols is 1. The van der Waals surface area contributed by atoms with Gasteiger partial charge in [-0.1, -0.05) is 50.6 Å². The molecular weight excluding hydrogens is 594 g/mol. The van der Waals surface area contributed by atoms with Gasteiger partial charge in [-0.2, -0.15) is 0 Å². The number of nitrogens with one attached hydrogen (secondary N) is 1. The average molecular weight is 638 g/mol. The highest BCUT2D eigenvalue weighted by Crippen LogP contribution is 2.49. The highest BCUT2D eigenvalue weighted by Gasteiger charge is 2.33. The maximum Gasteiger partial charge on any atom is 0.223 e. The van der Waals surface area contributed by atoms with E-state index in [0.717, 1.165) is 0 Å². The minimum Gasteiger partial charge on any atom is -0.550 e. The lowest BCUT2D eigenvalue weighted by Crippen LogP contribution is -3.11. The molecule has 1 unspecified atom stereocenters. The summed E-state index contributed by atoms with van der Waals surface area (Å²) in [5, 5.41) is 22.6. The molecule has 45 heavy (non-hydrogen) atoms. The van der Waals surface area contributed by atoms with E-state index in [1.807, 2.05) is 0 Å². The molecule has 0 aliphatic carbocycles. The number of fused-ring (bicyclic) bond motifs is 4. The fourth-order valence-electron chi connectivity index (χ4n) is 5.34. The van der Waals surface area contributed by atoms with Crippen LogP contribution in [0.5, 0.6) is 17.4 Å². The van der Waals surface area contributed by atoms with Gasteiger partial charge in [-0.3, -0.25) is 4.79 Å². The number of aliphatic carboxylic acids is 1. The first-order valence-corrected chi connectivity index (χ1v) is 16.0. The molecule has 2 aromatic heterocycles. The first-order chi connectivity index (χ1) is 21.6. The number of rotatable bonds is 9. The second kappa shape index (κ2) is 17.0. The molecule has 0 fully saturated rings. The molecule has 1 aliphatic rings. The normalized spacial score (nSPS) is 13.2. The van der Waals surface area contributed by atoms with Crippen LogP contribution in [0.2, 0.25) is 5.02 Å². The molecule has 10 heteroatoms. The van der Waals surface area contributed by atoms with Gasteiger partial charge in [0.25, 0.3) is 0 Å². The van der Waals surface area contributed by atoms with Crippen molar-refractivity contribution in [3.8, 4) is 28.5 Å². The number of nitrogens with zero attached hydrogens (tertiary/aromatic N) is 2. The van der Waals surface area contributed by atoms with Crippen LogP contribution in [0.15, 0.2) is 64.1 Å². The quantitative estimate of drug-likeness (QED) is 0.267. The van der Waals surface area contributed by atoms with Gasteiger partial charge in [0.05, 0.1) is 25.2 Å². The molecule has 242 valence electrons. The molecule has 2 N–H and O–H groups in total. The molecule has 0 bridgehead atoms. The molecule has 5 rings (SSSR count). The third-order valence-electron chi connectivity index (χ3n) is 8.13. The number of hydrogen-bond acceptors (Lipinski definition) is 8. The summed E-state index contributed by atoms with van der Waals surface area (Å²) in [7, 11) is 0. The van der Waals surface area contributed by atoms with Crippen LogP contribution < -0.4 is 20.2 Å². The van der Waals surface area contributed by atoms with Crippen molar-refractivity contribution in [2.45, 2.75) is 53.9 Å². The number of carboxylic acid groups (broad SMARTS) is 1. The van der Waals surface area contributed by atoms with Gasteiger partial charge in [0.2, 0.25) is 11.3 Å². The number of aromatic nitrogens is 1. The van der Waals surface area contributed by atoms with Crippen molar-refractivity contribution in [1.29, 1.82) is 0 Å². The summed E-state index contributed by atoms with van der Waals surface area (Å²) in [6.07, 6.45) is 2.42. The SMILES string of the molecule is CCN(CC)CC.CC[NH+](CC)CC.O=C([O-])CC1c2cccnc2Oc2cc(O)c3c(=O)c(-c4ccc(Cl)cc4)coc3c21. The molecule has 4 aromatic rings. The van der Waals surface area contributed by atoms with Gasteiger partial charge in [-0.05, 0) is 70.6 Å². The van der Waals surface area contributed by atoms with E-state index in [0.29, 0.717) is 21.7 Å². The molecule has 0 spiro atoms. The Bertz CT molecular complexity index is 1590. The van der Waals surface area contributed by atoms with E-state index in [1.54, 1.807) is 41.3 Å². The highest BCUT2D eigenvalue weighted by molar-refractivity contribution is 6.30. The third kappa shape index (κ3) is 8.63. The van der Waals surface area contributed by atoms with Crippen molar-refractivity contribution in [2.24, 2.45) is 0 Å². The number of quaternary nitrogens is 1. The van der Waals surface area contributed by atoms with E-state index in [4.69, 9.17) is 20.8 Å². The molecule has 9 nitrogen and oxygen atoms in total. The Hall–Kier alpha value is -3.92. The van der Waals surface area contributed by atoms with Crippen molar-refractivity contribution in [2.75, 3.05) is 39.3 Å². The van der Waals surface area contributed by atoms with Crippen LogP contribution in [0, 0.1) is 0 Å². The Morgan fingerprint density at radius 3 is 2.16 bits per heavy atom. The average Bonchev–Trinajstić information content (AvgIpc) is 3.03. The summed E-state index contributed by atoms with van der Waals surface area (Å²) in [5.74, 6) is -1.96. The standard InChI is InChI=1S/C23H14ClNO6.2C6H15N/c24-12-5-3-11(4-6-12)15-10-30-22-19-14(8-18(27)28)13-2-1-7-25-23(13)31-17(19)9-16(26)20(22)21(15)29;2*1-4-7(5-2)6-3/h1-7,9-10,14,26H,8H2,(H,27,28);2*4-6H2,1-3H3. The number of benzene rings is 2. The van der Waals surface area contributed by atoms with E-state index in [2.05, 4.69) is 51.4 Å². The van der Waals surface area contributed by atoms with Crippen LogP contribution in [0.25, 0.3) is 22.1 Å². The fraction of sp³-hybridized carbons (Fsp3) is 0.400. The summed E-state index contributed by atoms with van der Waals surface area (Å²) in [6, 6.07) is 11.2. The number of carbonyl (C=O) groups is 1. The number of phenolic OH excluding ortho intramolecular Hbond substituents is 1. The van der Waals surface area contributed by atoms with Gasteiger partial charge in [0.15, 0.2) is 0 Å². The maximum absolute atomic E-state index is 13.3. The van der Waals surface area contributed by atoms with Crippen molar-refractivity contribution in [1.82, 2.24) is 9.88 Å². The fourth-order valence-corrected chi connectivity index (χ4v) is 5.47. The van der Waals surface area contributed by atoms with Crippen LogP contribution in [-0.4, -0.2) is 60.2 Å². The van der Waals surface area contributed by atoms with Gasteiger partial charge >= 0.3 is 0 Å². The number of pyridine rings is 1. The van der Waals surface area contributed by atoms with E-state index in [-0.39, 0.29) is 40.3 Å². The largest absolute Gasteiger partial charge is 0.550 e. The van der Waals surface area contributed by atoms with Gasteiger partial charge in [0.1, 0.15) is 28.7 Å². The number of carbonyl (C=O) groups excluding carboxylic acids is 1. The number of aromatic hydroxyl groups is 1. The van der Waals surface area contributed by atoms with Crippen molar-refractivity contribution in [3.63, 3.8) is 0 Å². The lowest BCUT2D eigenvalue weighted by Gasteiger charge is -2.28. The Morgan fingerprint density at radius 1 is 1.02 bits per heavy atom. The van der Waals surface area contributed by atoms with Gasteiger partial charge < -0.3 is 34.0 Å². The molecule has 2 aromatic carbocycles. The lowest BCUT2D eigenvalue weighted by atomic mass is 9.85. The Kier molecular flexibility index (Phi) is 13.4. The summed E-state index contributed by atoms with van der Waals surface area (Å²) in [5.41, 5.74) is 1.25. The van der Waals surface area contributed by atoms with Crippen molar-refractivity contribution in [3.05, 3.63) is 81.3 Å². The van der Waals surface area contributed by atoms with Crippen LogP contribution >= 0.6 is 11.6 Å². The molecule has 1 aliphatic heterocycles. The Balaban J connectivity index is 0.000000331. The second-order valence-electron chi connectivity index (χ2n) is 10.6. The number of halogens is 1. The van der Waals surface area contributed by atoms with Gasteiger partial charge in [-0.15, -0.1) is 0 Å². The second-order valence-corrected chi connectivity index (χ2v) is 11.0. The maximum atomic E-state index is 13.3. The minimum absolute atomic E-state index is 0.0541. The summed E-state index contributed by atoms with van der Waals surface area (Å²) in [6.45, 7) is 20.6. The van der Waals surface area contributed by atoms with E-state index >= 15 is 0 Å². The van der Waals surface area contributed by atoms with E-state index in [1.165, 1.54) is 57.8 Å². The monoisotopic (exact) mass is 637 g/mol. The number of carboxylic acids is 1. The first-order valence-electron chi connectivity index (χ1n) is 15.6. The van der Waals surface area contributed by atoms with Gasteiger partial charge in [0, 0.05) is 40.3 Å². The van der Waals surface area contributed by atoms with Crippen LogP contribution in [0.4, 0.5) is 0 Å². The van der Waals surface area contributed by atoms with Crippen molar-refractivity contribution >= 4 is 28.5 Å². The molecule has 1 atom stereocenters. The molecule has 0 amide bonds. The third-order valence-corrected chi connectivity index (χ3v) is 8.38. The zero-order chi connectivity index (χ0) is 33.1. The Morgan fingerprint density at radius 2 is 1.64 bits per heavy atom. The van der Waals surface area contributed by atoms with E-state index < -0.39 is 17.3 Å². The minimum atomic E-state index is -1.28. The summed E-state index contributed by atoms with van der Waals surface area (Å²) >= 11 is 5.92. The summed E-state index contributed by atoms with van der Waals surface area (Å²) in [4.78, 5) is 33.0. The van der Waals surface area contributed by atoms with Crippen LogP contribution in [0.3, 0.4) is 0 Å². The number of hydrogen-bond donors (Lipinski definition) is 2. The summed E-state index contributed by atoms with van der Waals surface area (Å²) < 4.78 is 11.6. The zero-order valence-corrected chi connectivity index (χ0v) is 27.7. The van der Waals surface area contributed by atoms with E-state index in [9.17, 15) is 19.8 Å². The highest BCUT2D eigenvalue weighted by atomic mass is 35.5.